The third kappa shape index (κ3) is 2.25. The minimum absolute atomic E-state index is 0.110. The van der Waals surface area contributed by atoms with Crippen LogP contribution in [0.4, 0.5) is 0 Å². The van der Waals surface area contributed by atoms with Crippen molar-refractivity contribution in [2.24, 2.45) is 0 Å². The van der Waals surface area contributed by atoms with E-state index in [0.29, 0.717) is 5.75 Å². The molecule has 0 saturated carbocycles. The first-order valence-electron chi connectivity index (χ1n) is 6.63. The summed E-state index contributed by atoms with van der Waals surface area (Å²) in [6.07, 6.45) is 0. The number of benzene rings is 3. The fourth-order valence-electron chi connectivity index (χ4n) is 2.66. The summed E-state index contributed by atoms with van der Waals surface area (Å²) >= 11 is 5.94. The van der Waals surface area contributed by atoms with Crippen LogP contribution < -0.4 is 0 Å². The fourth-order valence-corrected chi connectivity index (χ4v) is 2.78. The number of halogens is 1. The van der Waals surface area contributed by atoms with E-state index < -0.39 is 0 Å². The van der Waals surface area contributed by atoms with Gasteiger partial charge in [-0.3, -0.25) is 0 Å². The topological polar surface area (TPSA) is 20.2 Å². The number of aromatic hydroxyl groups is 1. The lowest BCUT2D eigenvalue weighted by atomic mass is 9.88. The first kappa shape index (κ1) is 13.0. The van der Waals surface area contributed by atoms with Crippen LogP contribution in [-0.2, 0) is 0 Å². The summed E-state index contributed by atoms with van der Waals surface area (Å²) in [7, 11) is 0. The molecule has 3 aromatic rings. The Labute approximate surface area is 123 Å². The van der Waals surface area contributed by atoms with Gasteiger partial charge in [0.25, 0.3) is 0 Å². The lowest BCUT2D eigenvalue weighted by molar-refractivity contribution is 0.467. The standard InChI is InChI=1S/C18H15ClO/c1-12(13-6-9-15(19)10-7-13)18-16-5-3-2-4-14(16)8-11-17(18)20/h2-12,20H,1H3. The average molecular weight is 283 g/mol. The predicted molar refractivity (Wildman–Crippen MR) is 84.6 cm³/mol. The van der Waals surface area contributed by atoms with E-state index in [1.165, 1.54) is 0 Å². The first-order chi connectivity index (χ1) is 9.66. The number of hydrogen-bond donors (Lipinski definition) is 1. The van der Waals surface area contributed by atoms with E-state index >= 15 is 0 Å². The maximum Gasteiger partial charge on any atom is 0.120 e. The summed E-state index contributed by atoms with van der Waals surface area (Å²) in [5, 5.41) is 13.2. The Morgan fingerprint density at radius 2 is 1.60 bits per heavy atom. The second-order valence-corrected chi connectivity index (χ2v) is 5.43. The Hall–Kier alpha value is -1.99. The summed E-state index contributed by atoms with van der Waals surface area (Å²) in [5.74, 6) is 0.449. The summed E-state index contributed by atoms with van der Waals surface area (Å²) in [6.45, 7) is 2.10. The summed E-state index contributed by atoms with van der Waals surface area (Å²) in [5.41, 5.74) is 2.10. The number of rotatable bonds is 2. The van der Waals surface area contributed by atoms with E-state index in [0.717, 1.165) is 26.9 Å². The van der Waals surface area contributed by atoms with Gasteiger partial charge in [0.15, 0.2) is 0 Å². The smallest absolute Gasteiger partial charge is 0.120 e. The molecule has 0 bridgehead atoms. The molecule has 0 aliphatic carbocycles. The molecule has 0 fully saturated rings. The maximum atomic E-state index is 10.3. The van der Waals surface area contributed by atoms with Crippen molar-refractivity contribution in [2.45, 2.75) is 12.8 Å². The van der Waals surface area contributed by atoms with Crippen molar-refractivity contribution in [3.05, 3.63) is 76.8 Å². The van der Waals surface area contributed by atoms with Gasteiger partial charge in [0, 0.05) is 16.5 Å². The molecule has 0 aliphatic heterocycles. The molecule has 3 rings (SSSR count). The van der Waals surface area contributed by atoms with Crippen molar-refractivity contribution in [3.8, 4) is 5.75 Å². The zero-order chi connectivity index (χ0) is 14.1. The van der Waals surface area contributed by atoms with Crippen LogP contribution in [0.2, 0.25) is 5.02 Å². The van der Waals surface area contributed by atoms with Crippen LogP contribution in [0.5, 0.6) is 5.75 Å². The third-order valence-corrected chi connectivity index (χ3v) is 4.00. The number of hydrogen-bond acceptors (Lipinski definition) is 1. The monoisotopic (exact) mass is 282 g/mol. The lowest BCUT2D eigenvalue weighted by Crippen LogP contribution is -1.97. The van der Waals surface area contributed by atoms with Gasteiger partial charge in [-0.05, 0) is 34.5 Å². The van der Waals surface area contributed by atoms with Crippen molar-refractivity contribution >= 4 is 22.4 Å². The summed E-state index contributed by atoms with van der Waals surface area (Å²) in [6, 6.07) is 19.6. The van der Waals surface area contributed by atoms with Gasteiger partial charge in [-0.25, -0.2) is 0 Å². The van der Waals surface area contributed by atoms with Crippen LogP contribution >= 0.6 is 11.6 Å². The number of fused-ring (bicyclic) bond motifs is 1. The van der Waals surface area contributed by atoms with Crippen LogP contribution in [0.1, 0.15) is 24.0 Å². The van der Waals surface area contributed by atoms with Crippen LogP contribution in [-0.4, -0.2) is 5.11 Å². The average Bonchev–Trinajstić information content (AvgIpc) is 2.47. The highest BCUT2D eigenvalue weighted by Crippen LogP contribution is 2.36. The van der Waals surface area contributed by atoms with Crippen LogP contribution in [0.3, 0.4) is 0 Å². The van der Waals surface area contributed by atoms with Crippen LogP contribution in [0.15, 0.2) is 60.7 Å². The van der Waals surface area contributed by atoms with Gasteiger partial charge >= 0.3 is 0 Å². The number of phenols is 1. The van der Waals surface area contributed by atoms with E-state index in [-0.39, 0.29) is 5.92 Å². The number of phenolic OH excluding ortho intramolecular Hbond substituents is 1. The highest BCUT2D eigenvalue weighted by atomic mass is 35.5. The Morgan fingerprint density at radius 3 is 2.35 bits per heavy atom. The van der Waals surface area contributed by atoms with E-state index in [4.69, 9.17) is 11.6 Å². The largest absolute Gasteiger partial charge is 0.508 e. The van der Waals surface area contributed by atoms with Gasteiger partial charge in [-0.1, -0.05) is 61.0 Å². The van der Waals surface area contributed by atoms with Crippen molar-refractivity contribution in [3.63, 3.8) is 0 Å². The lowest BCUT2D eigenvalue weighted by Gasteiger charge is -2.17. The van der Waals surface area contributed by atoms with Crippen molar-refractivity contribution in [2.75, 3.05) is 0 Å². The molecule has 1 nitrogen and oxygen atoms in total. The van der Waals surface area contributed by atoms with Gasteiger partial charge in [0.1, 0.15) is 5.75 Å². The molecule has 0 amide bonds. The molecular formula is C18H15ClO. The Morgan fingerprint density at radius 1 is 0.900 bits per heavy atom. The minimum atomic E-state index is 0.110. The molecule has 1 N–H and O–H groups in total. The van der Waals surface area contributed by atoms with E-state index in [9.17, 15) is 5.11 Å². The molecular weight excluding hydrogens is 268 g/mol. The molecule has 0 aromatic heterocycles. The highest BCUT2D eigenvalue weighted by molar-refractivity contribution is 6.30. The zero-order valence-corrected chi connectivity index (χ0v) is 11.9. The normalized spacial score (nSPS) is 12.5. The molecule has 0 saturated heterocycles. The second-order valence-electron chi connectivity index (χ2n) is 4.99. The SMILES string of the molecule is CC(c1ccc(Cl)cc1)c1c(O)ccc2ccccc12. The van der Waals surface area contributed by atoms with Crippen molar-refractivity contribution in [1.82, 2.24) is 0 Å². The van der Waals surface area contributed by atoms with Gasteiger partial charge in [-0.15, -0.1) is 0 Å². The van der Waals surface area contributed by atoms with Gasteiger partial charge in [0.2, 0.25) is 0 Å². The highest BCUT2D eigenvalue weighted by Gasteiger charge is 2.15. The van der Waals surface area contributed by atoms with Crippen molar-refractivity contribution in [1.29, 1.82) is 0 Å². The van der Waals surface area contributed by atoms with Gasteiger partial charge < -0.3 is 5.11 Å². The Balaban J connectivity index is 2.18. The molecule has 0 aliphatic rings. The van der Waals surface area contributed by atoms with E-state index in [2.05, 4.69) is 19.1 Å². The predicted octanol–water partition coefficient (Wildman–Crippen LogP) is 5.35. The van der Waals surface area contributed by atoms with E-state index in [1.807, 2.05) is 42.5 Å². The molecule has 3 aromatic carbocycles. The Bertz CT molecular complexity index is 747. The summed E-state index contributed by atoms with van der Waals surface area (Å²) in [4.78, 5) is 0. The van der Waals surface area contributed by atoms with Crippen LogP contribution in [0.25, 0.3) is 10.8 Å². The maximum absolute atomic E-state index is 10.3. The molecule has 0 spiro atoms. The summed E-state index contributed by atoms with van der Waals surface area (Å²) < 4.78 is 0. The third-order valence-electron chi connectivity index (χ3n) is 3.75. The van der Waals surface area contributed by atoms with Gasteiger partial charge in [0.05, 0.1) is 0 Å². The molecule has 2 heteroatoms. The van der Waals surface area contributed by atoms with Crippen LogP contribution in [0, 0.1) is 0 Å². The van der Waals surface area contributed by atoms with E-state index in [1.54, 1.807) is 6.07 Å². The molecule has 0 radical (unpaired) electrons. The molecule has 1 atom stereocenters. The minimum Gasteiger partial charge on any atom is -0.508 e. The second kappa shape index (κ2) is 5.18. The van der Waals surface area contributed by atoms with Gasteiger partial charge in [-0.2, -0.15) is 0 Å². The Kier molecular flexibility index (Phi) is 3.37. The molecule has 1 unspecified atom stereocenters. The quantitative estimate of drug-likeness (QED) is 0.672. The molecule has 0 heterocycles. The van der Waals surface area contributed by atoms with Crippen molar-refractivity contribution < 1.29 is 5.11 Å². The first-order valence-corrected chi connectivity index (χ1v) is 7.00. The molecule has 100 valence electrons. The fraction of sp³-hybridized carbons (Fsp3) is 0.111. The molecule has 20 heavy (non-hydrogen) atoms. The zero-order valence-electron chi connectivity index (χ0n) is 11.2.